The van der Waals surface area contributed by atoms with Crippen LogP contribution in [-0.2, 0) is 20.7 Å². The molecule has 0 aliphatic rings. The molecule has 16 heavy (non-hydrogen) atoms. The van der Waals surface area contributed by atoms with Gasteiger partial charge in [0.15, 0.2) is 0 Å². The summed E-state index contributed by atoms with van der Waals surface area (Å²) in [6.45, 7) is 0.408. The smallest absolute Gasteiger partial charge is 0.348 e. The third-order valence-corrected chi connectivity index (χ3v) is 2.30. The zero-order valence-corrected chi connectivity index (χ0v) is 9.25. The van der Waals surface area contributed by atoms with Gasteiger partial charge in [-0.15, -0.1) is 5.10 Å². The van der Waals surface area contributed by atoms with E-state index in [0.717, 1.165) is 5.56 Å². The quantitative estimate of drug-likeness (QED) is 0.763. The normalized spacial score (nSPS) is 10.4. The predicted octanol–water partition coefficient (Wildman–Crippen LogP) is 0.698. The van der Waals surface area contributed by atoms with Crippen LogP contribution in [0.5, 0.6) is 6.01 Å². The minimum atomic E-state index is -0.192. The highest BCUT2D eigenvalue weighted by molar-refractivity contribution is 5.14. The van der Waals surface area contributed by atoms with E-state index in [9.17, 15) is 4.79 Å². The van der Waals surface area contributed by atoms with Crippen molar-refractivity contribution in [2.24, 2.45) is 14.1 Å². The van der Waals surface area contributed by atoms with E-state index in [1.165, 1.54) is 9.25 Å². The Morgan fingerprint density at radius 2 is 1.94 bits per heavy atom. The van der Waals surface area contributed by atoms with Crippen molar-refractivity contribution in [2.75, 3.05) is 0 Å². The lowest BCUT2D eigenvalue weighted by Crippen LogP contribution is -2.20. The zero-order chi connectivity index (χ0) is 11.5. The number of rotatable bonds is 3. The fourth-order valence-corrected chi connectivity index (χ4v) is 1.38. The number of aromatic nitrogens is 3. The molecule has 0 fully saturated rings. The van der Waals surface area contributed by atoms with E-state index in [0.29, 0.717) is 12.6 Å². The van der Waals surface area contributed by atoms with Crippen LogP contribution < -0.4 is 10.4 Å². The van der Waals surface area contributed by atoms with Crippen molar-refractivity contribution in [1.29, 1.82) is 0 Å². The summed E-state index contributed by atoms with van der Waals surface area (Å²) in [6, 6.07) is 10.1. The summed E-state index contributed by atoms with van der Waals surface area (Å²) in [5, 5.41) is 3.97. The average molecular weight is 219 g/mol. The highest BCUT2D eigenvalue weighted by atomic mass is 16.5. The van der Waals surface area contributed by atoms with Gasteiger partial charge in [-0.1, -0.05) is 30.3 Å². The lowest BCUT2D eigenvalue weighted by molar-refractivity contribution is 0.268. The first kappa shape index (κ1) is 10.5. The summed E-state index contributed by atoms with van der Waals surface area (Å²) in [5.41, 5.74) is 0.851. The third kappa shape index (κ3) is 1.98. The van der Waals surface area contributed by atoms with Gasteiger partial charge < -0.3 is 4.74 Å². The summed E-state index contributed by atoms with van der Waals surface area (Å²) in [4.78, 5) is 11.4. The van der Waals surface area contributed by atoms with Crippen LogP contribution in [0, 0.1) is 0 Å². The number of ether oxygens (including phenoxy) is 1. The molecule has 2 aromatic rings. The second-order valence-corrected chi connectivity index (χ2v) is 3.52. The van der Waals surface area contributed by atoms with E-state index in [1.807, 2.05) is 30.3 Å². The van der Waals surface area contributed by atoms with Gasteiger partial charge in [0.2, 0.25) is 0 Å². The van der Waals surface area contributed by atoms with E-state index in [4.69, 9.17) is 4.74 Å². The molecule has 0 unspecified atom stereocenters. The van der Waals surface area contributed by atoms with Gasteiger partial charge >= 0.3 is 11.7 Å². The van der Waals surface area contributed by atoms with Gasteiger partial charge in [0.1, 0.15) is 6.61 Å². The Morgan fingerprint density at radius 1 is 1.25 bits per heavy atom. The monoisotopic (exact) mass is 219 g/mol. The Balaban J connectivity index is 2.11. The van der Waals surface area contributed by atoms with Gasteiger partial charge in [-0.25, -0.2) is 14.0 Å². The zero-order valence-electron chi connectivity index (χ0n) is 9.25. The van der Waals surface area contributed by atoms with Gasteiger partial charge in [0.25, 0.3) is 0 Å². The Bertz CT molecular complexity index is 528. The molecular weight excluding hydrogens is 206 g/mol. The fraction of sp³-hybridized carbons (Fsp3) is 0.273. The molecule has 0 aliphatic carbocycles. The molecule has 0 radical (unpaired) electrons. The summed E-state index contributed by atoms with van der Waals surface area (Å²) in [7, 11) is 3.23. The first-order valence-electron chi connectivity index (χ1n) is 4.95. The molecule has 1 aromatic heterocycles. The van der Waals surface area contributed by atoms with Crippen LogP contribution in [0.2, 0.25) is 0 Å². The van der Waals surface area contributed by atoms with Crippen molar-refractivity contribution in [3.8, 4) is 6.01 Å². The molecule has 0 spiro atoms. The van der Waals surface area contributed by atoms with Crippen LogP contribution in [-0.4, -0.2) is 14.3 Å². The maximum Gasteiger partial charge on any atom is 0.348 e. The number of hydrogen-bond acceptors (Lipinski definition) is 3. The summed E-state index contributed by atoms with van der Waals surface area (Å²) in [6.07, 6.45) is 0. The van der Waals surface area contributed by atoms with Crippen LogP contribution in [0.4, 0.5) is 0 Å². The molecule has 2 rings (SSSR count). The Morgan fingerprint density at radius 3 is 2.50 bits per heavy atom. The predicted molar refractivity (Wildman–Crippen MR) is 59.2 cm³/mol. The van der Waals surface area contributed by atoms with Crippen molar-refractivity contribution in [1.82, 2.24) is 14.3 Å². The van der Waals surface area contributed by atoms with E-state index in [1.54, 1.807) is 14.1 Å². The second-order valence-electron chi connectivity index (χ2n) is 3.52. The summed E-state index contributed by atoms with van der Waals surface area (Å²) in [5.74, 6) is 0. The van der Waals surface area contributed by atoms with Crippen molar-refractivity contribution in [3.63, 3.8) is 0 Å². The molecule has 0 aliphatic heterocycles. The lowest BCUT2D eigenvalue weighted by atomic mass is 10.2. The van der Waals surface area contributed by atoms with E-state index in [2.05, 4.69) is 5.10 Å². The number of hydrogen-bond donors (Lipinski definition) is 0. The molecular formula is C11H13N3O2. The average Bonchev–Trinajstić information content (AvgIpc) is 2.56. The first-order chi connectivity index (χ1) is 7.68. The Kier molecular flexibility index (Phi) is 2.76. The summed E-state index contributed by atoms with van der Waals surface area (Å²) >= 11 is 0. The maximum absolute atomic E-state index is 11.4. The Hall–Kier alpha value is -2.04. The van der Waals surface area contributed by atoms with Crippen LogP contribution in [0.3, 0.4) is 0 Å². The van der Waals surface area contributed by atoms with E-state index in [-0.39, 0.29) is 5.69 Å². The van der Waals surface area contributed by atoms with Crippen molar-refractivity contribution in [3.05, 3.63) is 46.4 Å². The van der Waals surface area contributed by atoms with Crippen LogP contribution >= 0.6 is 0 Å². The highest BCUT2D eigenvalue weighted by Crippen LogP contribution is 2.05. The fourth-order valence-electron chi connectivity index (χ4n) is 1.38. The molecule has 0 atom stereocenters. The molecule has 0 bridgehead atoms. The van der Waals surface area contributed by atoms with E-state index < -0.39 is 0 Å². The largest absolute Gasteiger partial charge is 0.459 e. The van der Waals surface area contributed by atoms with Gasteiger partial charge in [0, 0.05) is 14.1 Å². The SMILES string of the molecule is Cn1nc(OCc2ccccc2)n(C)c1=O. The molecule has 5 nitrogen and oxygen atoms in total. The number of benzene rings is 1. The van der Waals surface area contributed by atoms with Crippen LogP contribution in [0.15, 0.2) is 35.1 Å². The third-order valence-electron chi connectivity index (χ3n) is 2.30. The van der Waals surface area contributed by atoms with Gasteiger partial charge in [-0.3, -0.25) is 0 Å². The van der Waals surface area contributed by atoms with Crippen molar-refractivity contribution in [2.45, 2.75) is 6.61 Å². The minimum Gasteiger partial charge on any atom is -0.459 e. The molecule has 84 valence electrons. The second kappa shape index (κ2) is 4.22. The van der Waals surface area contributed by atoms with E-state index >= 15 is 0 Å². The first-order valence-corrected chi connectivity index (χ1v) is 4.95. The highest BCUT2D eigenvalue weighted by Gasteiger charge is 2.07. The minimum absolute atomic E-state index is 0.192. The maximum atomic E-state index is 11.4. The summed E-state index contributed by atoms with van der Waals surface area (Å²) < 4.78 is 8.08. The van der Waals surface area contributed by atoms with Gasteiger partial charge in [0.05, 0.1) is 0 Å². The molecule has 1 heterocycles. The number of nitrogens with zero attached hydrogens (tertiary/aromatic N) is 3. The molecule has 0 saturated carbocycles. The molecule has 0 N–H and O–H groups in total. The van der Waals surface area contributed by atoms with Crippen molar-refractivity contribution >= 4 is 0 Å². The van der Waals surface area contributed by atoms with Crippen LogP contribution in [0.1, 0.15) is 5.56 Å². The van der Waals surface area contributed by atoms with Crippen molar-refractivity contribution < 1.29 is 4.74 Å². The van der Waals surface area contributed by atoms with Gasteiger partial charge in [-0.2, -0.15) is 0 Å². The molecule has 1 aromatic carbocycles. The lowest BCUT2D eigenvalue weighted by Gasteiger charge is -2.03. The molecule has 0 saturated heterocycles. The van der Waals surface area contributed by atoms with Gasteiger partial charge in [-0.05, 0) is 5.56 Å². The topological polar surface area (TPSA) is 49.0 Å². The Labute approximate surface area is 92.9 Å². The molecule has 0 amide bonds. The van der Waals surface area contributed by atoms with Crippen LogP contribution in [0.25, 0.3) is 0 Å². The standard InChI is InChI=1S/C11H13N3O2/c1-13-10(12-14(2)11(13)15)16-8-9-6-4-3-5-7-9/h3-7H,8H2,1-2H3. The molecule has 5 heteroatoms. The number of aryl methyl sites for hydroxylation is 1.